The normalized spacial score (nSPS) is 13.7. The molecule has 3 heterocycles. The monoisotopic (exact) mass is 1360 g/mol. The van der Waals surface area contributed by atoms with E-state index < -0.39 is 5.41 Å². The molecule has 2 aromatic heterocycles. The number of hydrogen-bond donors (Lipinski definition) is 0. The third-order valence-electron chi connectivity index (χ3n) is 19.0. The zero-order valence-electron chi connectivity index (χ0n) is 52.8. The zero-order chi connectivity index (χ0) is 61.4. The fourth-order valence-electron chi connectivity index (χ4n) is 14.4. The summed E-state index contributed by atoms with van der Waals surface area (Å²) in [6.45, 7) is 22.9. The maximum Gasteiger partial charge on any atom is 0.135 e. The van der Waals surface area contributed by atoms with Crippen LogP contribution in [0.25, 0.3) is 83.3 Å². The standard InChI is InChI=1S/C85H69N4O.Pt/c1-82(2,3)58-40-36-54(37-41-58)56-39-45-80(86-52-56)89-76-33-17-13-27-69(76)70-43-42-63(51-79(70)89)90-62-23-20-22-61(50-62)87-53-88(78-35-19-18-34-77(78)87)81-64(28-21-29-65(81)57-46-59(83(4,5)6)49-60(47-57)84(7,8)9)55-38-44-75-71(48-55)68-26-12-16-32-74(68)85(75)72-30-14-10-24-66(72)67-25-11-15-31-73(67)85;/h10-49,52-53H,1-9H3;/q-3;. The largest absolute Gasteiger partial charge is 0.509 e. The second-order valence-electron chi connectivity index (χ2n) is 27.7. The second kappa shape index (κ2) is 21.6. The van der Waals surface area contributed by atoms with Gasteiger partial charge in [0.05, 0.1) is 5.41 Å². The van der Waals surface area contributed by atoms with Crippen molar-refractivity contribution >= 4 is 44.6 Å². The maximum absolute atomic E-state index is 6.85. The molecule has 13 aromatic rings. The van der Waals surface area contributed by atoms with Crippen LogP contribution >= 0.6 is 0 Å². The summed E-state index contributed by atoms with van der Waals surface area (Å²) >= 11 is 0. The molecular formula is C85H69N4OPt-3. The summed E-state index contributed by atoms with van der Waals surface area (Å²) in [6.07, 6.45) is 1.97. The van der Waals surface area contributed by atoms with Gasteiger partial charge < -0.3 is 19.1 Å². The number of hydrogen-bond acceptors (Lipinski definition) is 4. The molecule has 0 atom stereocenters. The Morgan fingerprint density at radius 2 is 0.923 bits per heavy atom. The van der Waals surface area contributed by atoms with Gasteiger partial charge in [0.15, 0.2) is 0 Å². The predicted molar refractivity (Wildman–Crippen MR) is 373 cm³/mol. The summed E-state index contributed by atoms with van der Waals surface area (Å²) in [6, 6.07) is 96.7. The summed E-state index contributed by atoms with van der Waals surface area (Å²) in [5.41, 5.74) is 26.6. The molecule has 3 aliphatic rings. The molecule has 0 amide bonds. The van der Waals surface area contributed by atoms with Gasteiger partial charge >= 0.3 is 0 Å². The van der Waals surface area contributed by atoms with Crippen LogP contribution in [0.3, 0.4) is 0 Å². The molecule has 11 aromatic carbocycles. The van der Waals surface area contributed by atoms with Crippen molar-refractivity contribution in [2.75, 3.05) is 9.80 Å². The van der Waals surface area contributed by atoms with Gasteiger partial charge in [-0.3, -0.25) is 0 Å². The Kier molecular flexibility index (Phi) is 13.7. The topological polar surface area (TPSA) is 33.5 Å². The number of ether oxygens (including phenoxy) is 1. The molecule has 0 unspecified atom stereocenters. The Bertz CT molecular complexity index is 4950. The Balaban J connectivity index is 0.00000689. The van der Waals surface area contributed by atoms with Crippen LogP contribution in [-0.4, -0.2) is 9.55 Å². The molecule has 0 bridgehead atoms. The molecule has 5 nitrogen and oxygen atoms in total. The van der Waals surface area contributed by atoms with Gasteiger partial charge in [0.25, 0.3) is 0 Å². The van der Waals surface area contributed by atoms with Crippen molar-refractivity contribution in [2.24, 2.45) is 0 Å². The summed E-state index contributed by atoms with van der Waals surface area (Å²) < 4.78 is 9.04. The van der Waals surface area contributed by atoms with E-state index in [0.29, 0.717) is 11.5 Å². The number of pyridine rings is 1. The van der Waals surface area contributed by atoms with Crippen LogP contribution in [0.15, 0.2) is 249 Å². The molecular weight excluding hydrogens is 1290 g/mol. The van der Waals surface area contributed by atoms with E-state index in [0.717, 1.165) is 78.2 Å². The molecule has 2 aliphatic carbocycles. The first-order chi connectivity index (χ1) is 43.5. The predicted octanol–water partition coefficient (Wildman–Crippen LogP) is 22.2. The zero-order valence-corrected chi connectivity index (χ0v) is 55.0. The van der Waals surface area contributed by atoms with Crippen molar-refractivity contribution in [1.82, 2.24) is 9.55 Å². The van der Waals surface area contributed by atoms with Crippen molar-refractivity contribution < 1.29 is 25.8 Å². The van der Waals surface area contributed by atoms with Gasteiger partial charge in [0.2, 0.25) is 0 Å². The van der Waals surface area contributed by atoms with E-state index in [4.69, 9.17) is 9.72 Å². The molecule has 91 heavy (non-hydrogen) atoms. The number of aromatic nitrogens is 2. The van der Waals surface area contributed by atoms with Crippen molar-refractivity contribution in [3.8, 4) is 73.0 Å². The molecule has 1 spiro atoms. The quantitative estimate of drug-likeness (QED) is 0.142. The van der Waals surface area contributed by atoms with Crippen LogP contribution in [0.2, 0.25) is 0 Å². The van der Waals surface area contributed by atoms with Crippen molar-refractivity contribution in [3.63, 3.8) is 0 Å². The Labute approximate surface area is 549 Å². The Hall–Kier alpha value is -9.54. The fraction of sp³-hybridized carbons (Fsp3) is 0.153. The van der Waals surface area contributed by atoms with E-state index in [1.54, 1.807) is 0 Å². The van der Waals surface area contributed by atoms with Crippen LogP contribution < -0.4 is 14.5 Å². The van der Waals surface area contributed by atoms with E-state index in [1.165, 1.54) is 66.8 Å². The minimum Gasteiger partial charge on any atom is -0.509 e. The molecule has 16 rings (SSSR count). The van der Waals surface area contributed by atoms with Gasteiger partial charge in [-0.1, -0.05) is 244 Å². The van der Waals surface area contributed by atoms with Crippen molar-refractivity contribution in [2.45, 2.75) is 84.0 Å². The van der Waals surface area contributed by atoms with E-state index in [2.05, 4.69) is 326 Å². The first-order valence-electron chi connectivity index (χ1n) is 31.5. The van der Waals surface area contributed by atoms with Crippen LogP contribution in [-0.2, 0) is 42.7 Å². The minimum atomic E-state index is -0.439. The van der Waals surface area contributed by atoms with Gasteiger partial charge in [0.1, 0.15) is 5.82 Å². The van der Waals surface area contributed by atoms with Crippen LogP contribution in [0.4, 0.5) is 22.7 Å². The number of para-hydroxylation sites is 4. The van der Waals surface area contributed by atoms with Crippen molar-refractivity contribution in [3.05, 3.63) is 307 Å². The molecule has 0 N–H and O–H groups in total. The maximum atomic E-state index is 6.85. The molecule has 0 radical (unpaired) electrons. The van der Waals surface area contributed by atoms with E-state index >= 15 is 0 Å². The molecule has 448 valence electrons. The number of anilines is 4. The summed E-state index contributed by atoms with van der Waals surface area (Å²) in [4.78, 5) is 9.76. The molecule has 0 fully saturated rings. The van der Waals surface area contributed by atoms with E-state index in [9.17, 15) is 0 Å². The number of nitrogens with zero attached hydrogens (tertiary/aromatic N) is 4. The molecule has 6 heteroatoms. The summed E-state index contributed by atoms with van der Waals surface area (Å²) in [5, 5.41) is 2.19. The Morgan fingerprint density at radius 3 is 1.56 bits per heavy atom. The van der Waals surface area contributed by atoms with Crippen LogP contribution in [0, 0.1) is 18.8 Å². The second-order valence-corrected chi connectivity index (χ2v) is 27.7. The third-order valence-corrected chi connectivity index (χ3v) is 19.0. The smallest absolute Gasteiger partial charge is 0.135 e. The summed E-state index contributed by atoms with van der Waals surface area (Å²) in [7, 11) is 0. The molecule has 0 saturated heterocycles. The number of rotatable bonds is 8. The average Bonchev–Trinajstić information content (AvgIpc) is 1.51. The van der Waals surface area contributed by atoms with E-state index in [1.807, 2.05) is 18.3 Å². The molecule has 1 aliphatic heterocycles. The van der Waals surface area contributed by atoms with E-state index in [-0.39, 0.29) is 37.3 Å². The first-order valence-corrected chi connectivity index (χ1v) is 31.5. The van der Waals surface area contributed by atoms with Crippen LogP contribution in [0.5, 0.6) is 11.5 Å². The van der Waals surface area contributed by atoms with Gasteiger partial charge in [-0.25, -0.2) is 4.98 Å². The van der Waals surface area contributed by atoms with Crippen molar-refractivity contribution in [1.29, 1.82) is 0 Å². The first kappa shape index (κ1) is 57.9. The SMILES string of the molecule is CC(C)(C)c1ccc(-c2ccc(-n3c4[c-]c(Oc5[c-]c(N6[CH-]N(c7c(-c8cc(C(C)(C)C)cc(C(C)(C)C)c8)cccc7-c7ccc8c(c7)-c7ccccc7C87c8ccccc8-c8ccccc87)c7ccccc76)ccc5)ccc4c4ccccc43)nc2)cc1.[Pt]. The van der Waals surface area contributed by atoms with Gasteiger partial charge in [0, 0.05) is 78.0 Å². The number of fused-ring (bicyclic) bond motifs is 14. The van der Waals surface area contributed by atoms with Crippen LogP contribution in [0.1, 0.15) is 101 Å². The number of benzene rings is 11. The van der Waals surface area contributed by atoms with Gasteiger partial charge in [-0.15, -0.1) is 48.1 Å². The minimum absolute atomic E-state index is 0. The fourth-order valence-corrected chi connectivity index (χ4v) is 14.4. The molecule has 0 saturated carbocycles. The third kappa shape index (κ3) is 9.41. The summed E-state index contributed by atoms with van der Waals surface area (Å²) in [5.74, 6) is 1.97. The van der Waals surface area contributed by atoms with Gasteiger partial charge in [-0.2, -0.15) is 12.1 Å². The average molecular weight is 1360 g/mol. The Morgan fingerprint density at radius 1 is 0.396 bits per heavy atom. The van der Waals surface area contributed by atoms with Gasteiger partial charge in [-0.05, 0) is 136 Å².